The van der Waals surface area contributed by atoms with Gasteiger partial charge in [-0.05, 0) is 18.2 Å². The average molecular weight is 453 g/mol. The Morgan fingerprint density at radius 2 is 1.90 bits per heavy atom. The molecule has 2 aliphatic heterocycles. The fraction of sp³-hybridized carbons (Fsp3) is 0.263. The maximum atomic E-state index is 12.9. The predicted molar refractivity (Wildman–Crippen MR) is 107 cm³/mol. The number of fused-ring (bicyclic) bond motifs is 1. The normalized spacial score (nSPS) is 16.3. The highest BCUT2D eigenvalue weighted by molar-refractivity contribution is 7.87. The molecule has 2 heterocycles. The summed E-state index contributed by atoms with van der Waals surface area (Å²) >= 11 is 6.13. The third kappa shape index (κ3) is 4.07. The SMILES string of the molecule is O=C1COc2cc(S(=O)(=O)Oc3ccccc3C(=O)N3CCOCC3)c(Cl)cc2N1. The minimum atomic E-state index is -4.40. The molecule has 1 saturated heterocycles. The number of morpholine rings is 1. The minimum Gasteiger partial charge on any atom is -0.482 e. The summed E-state index contributed by atoms with van der Waals surface area (Å²) in [5.74, 6) is -0.691. The van der Waals surface area contributed by atoms with E-state index in [1.165, 1.54) is 24.3 Å². The van der Waals surface area contributed by atoms with E-state index in [1.807, 2.05) is 0 Å². The van der Waals surface area contributed by atoms with Crippen molar-refractivity contribution in [1.82, 2.24) is 4.90 Å². The first-order valence-corrected chi connectivity index (χ1v) is 10.8. The van der Waals surface area contributed by atoms with Crippen molar-refractivity contribution in [2.75, 3.05) is 38.2 Å². The Balaban J connectivity index is 1.65. The number of rotatable bonds is 4. The topological polar surface area (TPSA) is 111 Å². The number of halogens is 1. The number of anilines is 1. The summed E-state index contributed by atoms with van der Waals surface area (Å²) in [6.07, 6.45) is 0. The average Bonchev–Trinajstić information content (AvgIpc) is 2.73. The van der Waals surface area contributed by atoms with Crippen LogP contribution in [0.2, 0.25) is 5.02 Å². The Bertz CT molecular complexity index is 1110. The fourth-order valence-electron chi connectivity index (χ4n) is 3.09. The molecule has 2 aliphatic rings. The molecule has 0 atom stereocenters. The van der Waals surface area contributed by atoms with Gasteiger partial charge in [0.2, 0.25) is 0 Å². The number of carbonyl (C=O) groups is 2. The van der Waals surface area contributed by atoms with Crippen LogP contribution in [0.3, 0.4) is 0 Å². The van der Waals surface area contributed by atoms with Gasteiger partial charge >= 0.3 is 10.1 Å². The zero-order valence-electron chi connectivity index (χ0n) is 15.6. The molecule has 2 aromatic carbocycles. The van der Waals surface area contributed by atoms with Gasteiger partial charge in [0.05, 0.1) is 29.5 Å². The number of nitrogens with one attached hydrogen (secondary N) is 1. The molecule has 0 aromatic heterocycles. The number of nitrogens with zero attached hydrogens (tertiary/aromatic N) is 1. The lowest BCUT2D eigenvalue weighted by Crippen LogP contribution is -2.40. The third-order valence-electron chi connectivity index (χ3n) is 4.55. The van der Waals surface area contributed by atoms with Gasteiger partial charge in [0.15, 0.2) is 12.4 Å². The second kappa shape index (κ2) is 8.13. The van der Waals surface area contributed by atoms with E-state index in [0.717, 1.165) is 0 Å². The lowest BCUT2D eigenvalue weighted by molar-refractivity contribution is -0.118. The lowest BCUT2D eigenvalue weighted by atomic mass is 10.1. The molecule has 2 amide bonds. The zero-order chi connectivity index (χ0) is 21.3. The van der Waals surface area contributed by atoms with Gasteiger partial charge in [-0.25, -0.2) is 0 Å². The Hall–Kier alpha value is -2.82. The van der Waals surface area contributed by atoms with Crippen LogP contribution < -0.4 is 14.2 Å². The van der Waals surface area contributed by atoms with E-state index in [0.29, 0.717) is 26.3 Å². The Morgan fingerprint density at radius 1 is 1.17 bits per heavy atom. The summed E-state index contributed by atoms with van der Waals surface area (Å²) in [5, 5.41) is 2.39. The lowest BCUT2D eigenvalue weighted by Gasteiger charge is -2.27. The standard InChI is InChI=1S/C19H17ClN2O7S/c20-13-9-14-16(28-11-18(23)21-14)10-17(13)30(25,26)29-15-4-2-1-3-12(15)19(24)22-5-7-27-8-6-22/h1-4,9-10H,5-8,11H2,(H,21,23). The summed E-state index contributed by atoms with van der Waals surface area (Å²) in [6, 6.07) is 8.53. The summed E-state index contributed by atoms with van der Waals surface area (Å²) in [6.45, 7) is 1.38. The minimum absolute atomic E-state index is 0.112. The molecular formula is C19H17ClN2O7S. The smallest absolute Gasteiger partial charge is 0.340 e. The molecule has 30 heavy (non-hydrogen) atoms. The van der Waals surface area contributed by atoms with Crippen LogP contribution in [0.4, 0.5) is 5.69 Å². The van der Waals surface area contributed by atoms with Crippen LogP contribution in [0.15, 0.2) is 41.3 Å². The van der Waals surface area contributed by atoms with Gasteiger partial charge in [-0.3, -0.25) is 9.59 Å². The van der Waals surface area contributed by atoms with Crippen LogP contribution in [-0.2, 0) is 19.6 Å². The van der Waals surface area contributed by atoms with Gasteiger partial charge in [0, 0.05) is 19.2 Å². The van der Waals surface area contributed by atoms with Crippen LogP contribution in [-0.4, -0.2) is 58.0 Å². The van der Waals surface area contributed by atoms with Crippen LogP contribution in [0.5, 0.6) is 11.5 Å². The maximum Gasteiger partial charge on any atom is 0.340 e. The van der Waals surface area contributed by atoms with Gasteiger partial charge in [-0.15, -0.1) is 0 Å². The van der Waals surface area contributed by atoms with Crippen molar-refractivity contribution in [3.05, 3.63) is 47.0 Å². The van der Waals surface area contributed by atoms with E-state index in [4.69, 9.17) is 25.3 Å². The van der Waals surface area contributed by atoms with Crippen molar-refractivity contribution in [1.29, 1.82) is 0 Å². The van der Waals surface area contributed by atoms with Crippen molar-refractivity contribution in [3.8, 4) is 11.5 Å². The van der Waals surface area contributed by atoms with Gasteiger partial charge in [0.1, 0.15) is 10.6 Å². The molecule has 2 aromatic rings. The molecule has 1 fully saturated rings. The second-order valence-electron chi connectivity index (χ2n) is 6.55. The summed E-state index contributed by atoms with van der Waals surface area (Å²) < 4.78 is 41.6. The van der Waals surface area contributed by atoms with Gasteiger partial charge < -0.3 is 23.9 Å². The number of benzene rings is 2. The molecule has 0 radical (unpaired) electrons. The molecule has 11 heteroatoms. The number of hydrogen-bond donors (Lipinski definition) is 1. The Labute approximate surface area is 177 Å². The van der Waals surface area contributed by atoms with Crippen LogP contribution in [0.25, 0.3) is 0 Å². The molecule has 9 nitrogen and oxygen atoms in total. The van der Waals surface area contributed by atoms with E-state index in [1.54, 1.807) is 17.0 Å². The van der Waals surface area contributed by atoms with Crippen LogP contribution in [0.1, 0.15) is 10.4 Å². The first kappa shape index (κ1) is 20.5. The predicted octanol–water partition coefficient (Wildman–Crippen LogP) is 1.91. The van der Waals surface area contributed by atoms with E-state index in [-0.39, 0.29) is 51.1 Å². The van der Waals surface area contributed by atoms with E-state index in [2.05, 4.69) is 5.32 Å². The highest BCUT2D eigenvalue weighted by Crippen LogP contribution is 2.37. The van der Waals surface area contributed by atoms with Crippen molar-refractivity contribution in [2.45, 2.75) is 4.90 Å². The highest BCUT2D eigenvalue weighted by Gasteiger charge is 2.28. The Kier molecular flexibility index (Phi) is 5.54. The molecule has 0 unspecified atom stereocenters. The quantitative estimate of drug-likeness (QED) is 0.705. The van der Waals surface area contributed by atoms with Gasteiger partial charge in [-0.1, -0.05) is 23.7 Å². The van der Waals surface area contributed by atoms with E-state index < -0.39 is 10.1 Å². The summed E-state index contributed by atoms with van der Waals surface area (Å²) in [7, 11) is -4.40. The monoisotopic (exact) mass is 452 g/mol. The first-order chi connectivity index (χ1) is 14.3. The van der Waals surface area contributed by atoms with Crippen LogP contribution >= 0.6 is 11.6 Å². The number of ether oxygens (including phenoxy) is 2. The molecule has 0 spiro atoms. The van der Waals surface area contributed by atoms with Crippen molar-refractivity contribution in [3.63, 3.8) is 0 Å². The molecule has 0 aliphatic carbocycles. The number of hydrogen-bond acceptors (Lipinski definition) is 7. The first-order valence-electron chi connectivity index (χ1n) is 9.02. The zero-order valence-corrected chi connectivity index (χ0v) is 17.2. The summed E-state index contributed by atoms with van der Waals surface area (Å²) in [5.41, 5.74) is 0.374. The number of para-hydroxylation sites is 1. The van der Waals surface area contributed by atoms with Crippen LogP contribution in [0, 0.1) is 0 Å². The van der Waals surface area contributed by atoms with E-state index >= 15 is 0 Å². The second-order valence-corrected chi connectivity index (χ2v) is 8.48. The Morgan fingerprint density at radius 3 is 2.67 bits per heavy atom. The molecule has 0 saturated carbocycles. The molecule has 0 bridgehead atoms. The molecule has 158 valence electrons. The van der Waals surface area contributed by atoms with Gasteiger partial charge in [0.25, 0.3) is 11.8 Å². The maximum absolute atomic E-state index is 12.9. The fourth-order valence-corrected chi connectivity index (χ4v) is 4.56. The highest BCUT2D eigenvalue weighted by atomic mass is 35.5. The molecule has 1 N–H and O–H groups in total. The largest absolute Gasteiger partial charge is 0.482 e. The van der Waals surface area contributed by atoms with Crippen molar-refractivity contribution in [2.24, 2.45) is 0 Å². The number of amides is 2. The summed E-state index contributed by atoms with van der Waals surface area (Å²) in [4.78, 5) is 25.5. The molecular weight excluding hydrogens is 436 g/mol. The number of carbonyl (C=O) groups excluding carboxylic acids is 2. The third-order valence-corrected chi connectivity index (χ3v) is 6.25. The molecule has 4 rings (SSSR count). The van der Waals surface area contributed by atoms with E-state index in [9.17, 15) is 18.0 Å². The van der Waals surface area contributed by atoms with Crippen molar-refractivity contribution < 1.29 is 31.7 Å². The van der Waals surface area contributed by atoms with Crippen molar-refractivity contribution >= 4 is 39.2 Å². The van der Waals surface area contributed by atoms with Gasteiger partial charge in [-0.2, -0.15) is 8.42 Å².